The molecular weight excluding hydrogens is 250 g/mol. The minimum absolute atomic E-state index is 0.300. The minimum Gasteiger partial charge on any atom is -0.383 e. The molecule has 0 bridgehead atoms. The van der Waals surface area contributed by atoms with Crippen molar-refractivity contribution in [2.75, 3.05) is 33.9 Å². The van der Waals surface area contributed by atoms with Gasteiger partial charge in [-0.25, -0.2) is 0 Å². The van der Waals surface area contributed by atoms with Gasteiger partial charge in [-0.15, -0.1) is 0 Å². The fraction of sp³-hybridized carbons (Fsp3) is 0.647. The van der Waals surface area contributed by atoms with Gasteiger partial charge < -0.3 is 14.8 Å². The summed E-state index contributed by atoms with van der Waals surface area (Å²) in [7, 11) is 3.52. The maximum atomic E-state index is 5.42. The predicted octanol–water partition coefficient (Wildman–Crippen LogP) is 2.81. The van der Waals surface area contributed by atoms with Crippen molar-refractivity contribution in [3.63, 3.8) is 0 Å². The van der Waals surface area contributed by atoms with Crippen molar-refractivity contribution >= 4 is 0 Å². The average molecular weight is 279 g/mol. The van der Waals surface area contributed by atoms with Gasteiger partial charge in [0.25, 0.3) is 0 Å². The van der Waals surface area contributed by atoms with Crippen molar-refractivity contribution in [1.82, 2.24) is 5.32 Å². The van der Waals surface area contributed by atoms with Gasteiger partial charge in [-0.2, -0.15) is 0 Å². The number of methoxy groups -OCH3 is 2. The third kappa shape index (κ3) is 7.04. The molecule has 1 aromatic carbocycles. The Bertz CT molecular complexity index is 368. The maximum Gasteiger partial charge on any atom is 0.0587 e. The van der Waals surface area contributed by atoms with Gasteiger partial charge in [0, 0.05) is 20.8 Å². The number of ether oxygens (including phenoxy) is 2. The summed E-state index contributed by atoms with van der Waals surface area (Å²) < 4.78 is 10.5. The molecular formula is C17H29NO2. The number of nitrogens with one attached hydrogen (secondary N) is 1. The summed E-state index contributed by atoms with van der Waals surface area (Å²) in [4.78, 5) is 0. The Morgan fingerprint density at radius 2 is 2.05 bits per heavy atom. The molecule has 0 radical (unpaired) electrons. The van der Waals surface area contributed by atoms with E-state index in [2.05, 4.69) is 43.4 Å². The Balaban J connectivity index is 2.52. The van der Waals surface area contributed by atoms with Crippen LogP contribution in [0, 0.1) is 12.8 Å². The second-order valence-corrected chi connectivity index (χ2v) is 5.54. The molecule has 1 N–H and O–H groups in total. The summed E-state index contributed by atoms with van der Waals surface area (Å²) in [6.07, 6.45) is 2.47. The van der Waals surface area contributed by atoms with Crippen LogP contribution in [0.25, 0.3) is 0 Å². The third-order valence-corrected chi connectivity index (χ3v) is 3.59. The van der Waals surface area contributed by atoms with Crippen molar-refractivity contribution in [2.24, 2.45) is 5.92 Å². The van der Waals surface area contributed by atoms with Gasteiger partial charge in [-0.05, 0) is 44.7 Å². The molecule has 0 saturated heterocycles. The Hall–Kier alpha value is -0.900. The molecule has 0 saturated carbocycles. The summed E-state index contributed by atoms with van der Waals surface area (Å²) in [5.74, 6) is 0.587. The van der Waals surface area contributed by atoms with Crippen LogP contribution in [0.5, 0.6) is 0 Å². The molecule has 114 valence electrons. The highest BCUT2D eigenvalue weighted by atomic mass is 16.5. The lowest BCUT2D eigenvalue weighted by molar-refractivity contribution is 0.0941. The van der Waals surface area contributed by atoms with Crippen LogP contribution >= 0.6 is 0 Å². The van der Waals surface area contributed by atoms with E-state index < -0.39 is 0 Å². The van der Waals surface area contributed by atoms with E-state index in [1.165, 1.54) is 11.1 Å². The summed E-state index contributed by atoms with van der Waals surface area (Å²) in [5.41, 5.74) is 2.74. The van der Waals surface area contributed by atoms with Gasteiger partial charge in [0.05, 0.1) is 12.7 Å². The molecule has 3 nitrogen and oxygen atoms in total. The van der Waals surface area contributed by atoms with Crippen LogP contribution in [0.2, 0.25) is 0 Å². The number of benzene rings is 1. The van der Waals surface area contributed by atoms with E-state index in [1.54, 1.807) is 14.2 Å². The van der Waals surface area contributed by atoms with E-state index in [-0.39, 0.29) is 0 Å². The van der Waals surface area contributed by atoms with Crippen molar-refractivity contribution in [3.05, 3.63) is 35.4 Å². The van der Waals surface area contributed by atoms with Gasteiger partial charge in [0.2, 0.25) is 0 Å². The highest BCUT2D eigenvalue weighted by Gasteiger charge is 2.13. The zero-order chi connectivity index (χ0) is 14.8. The second-order valence-electron chi connectivity index (χ2n) is 5.54. The van der Waals surface area contributed by atoms with Gasteiger partial charge >= 0.3 is 0 Å². The number of hydrogen-bond donors (Lipinski definition) is 1. The van der Waals surface area contributed by atoms with Crippen LogP contribution in [0.4, 0.5) is 0 Å². The average Bonchev–Trinajstić information content (AvgIpc) is 2.43. The van der Waals surface area contributed by atoms with E-state index in [1.807, 2.05) is 0 Å². The normalized spacial score (nSPS) is 14.2. The van der Waals surface area contributed by atoms with E-state index >= 15 is 0 Å². The monoisotopic (exact) mass is 279 g/mol. The lowest BCUT2D eigenvalue weighted by Gasteiger charge is -2.21. The standard InChI is InChI=1S/C17H29NO2/c1-14-6-5-7-16(10-14)12-17(11-15(2)20-4)13-18-8-9-19-3/h5-7,10,15,17-18H,8-9,11-13H2,1-4H3. The minimum atomic E-state index is 0.300. The third-order valence-electron chi connectivity index (χ3n) is 3.59. The Morgan fingerprint density at radius 3 is 2.70 bits per heavy atom. The van der Waals surface area contributed by atoms with Gasteiger partial charge in [0.1, 0.15) is 0 Å². The first-order valence-corrected chi connectivity index (χ1v) is 7.43. The van der Waals surface area contributed by atoms with Crippen molar-refractivity contribution in [2.45, 2.75) is 32.8 Å². The van der Waals surface area contributed by atoms with Crippen LogP contribution in [-0.4, -0.2) is 40.0 Å². The van der Waals surface area contributed by atoms with E-state index in [0.717, 1.165) is 32.5 Å². The first-order valence-electron chi connectivity index (χ1n) is 7.43. The van der Waals surface area contributed by atoms with Crippen LogP contribution < -0.4 is 5.32 Å². The zero-order valence-corrected chi connectivity index (χ0v) is 13.3. The van der Waals surface area contributed by atoms with Crippen LogP contribution in [0.1, 0.15) is 24.5 Å². The fourth-order valence-corrected chi connectivity index (χ4v) is 2.46. The van der Waals surface area contributed by atoms with E-state index in [4.69, 9.17) is 9.47 Å². The molecule has 20 heavy (non-hydrogen) atoms. The molecule has 0 aromatic heterocycles. The molecule has 3 heteroatoms. The topological polar surface area (TPSA) is 30.5 Å². The lowest BCUT2D eigenvalue weighted by Crippen LogP contribution is -2.29. The first-order chi connectivity index (χ1) is 9.65. The maximum absolute atomic E-state index is 5.42. The van der Waals surface area contributed by atoms with E-state index in [9.17, 15) is 0 Å². The van der Waals surface area contributed by atoms with E-state index in [0.29, 0.717) is 12.0 Å². The number of rotatable bonds is 10. The van der Waals surface area contributed by atoms with Crippen molar-refractivity contribution in [1.29, 1.82) is 0 Å². The van der Waals surface area contributed by atoms with Gasteiger partial charge in [-0.1, -0.05) is 29.8 Å². The Kier molecular flexibility index (Phi) is 8.51. The molecule has 2 unspecified atom stereocenters. The molecule has 0 heterocycles. The largest absolute Gasteiger partial charge is 0.383 e. The van der Waals surface area contributed by atoms with Crippen LogP contribution in [0.3, 0.4) is 0 Å². The lowest BCUT2D eigenvalue weighted by atomic mass is 9.93. The number of hydrogen-bond acceptors (Lipinski definition) is 3. The molecule has 1 rings (SSSR count). The molecule has 0 spiro atoms. The fourth-order valence-electron chi connectivity index (χ4n) is 2.46. The molecule has 0 aliphatic carbocycles. The molecule has 0 fully saturated rings. The summed E-state index contributed by atoms with van der Waals surface area (Å²) in [5, 5.41) is 3.47. The summed E-state index contributed by atoms with van der Waals surface area (Å²) in [6.45, 7) is 6.95. The van der Waals surface area contributed by atoms with Crippen LogP contribution in [-0.2, 0) is 15.9 Å². The quantitative estimate of drug-likeness (QED) is 0.668. The second kappa shape index (κ2) is 9.92. The predicted molar refractivity (Wildman–Crippen MR) is 84.2 cm³/mol. The molecule has 2 atom stereocenters. The number of aryl methyl sites for hydroxylation is 1. The van der Waals surface area contributed by atoms with Gasteiger partial charge in [0.15, 0.2) is 0 Å². The van der Waals surface area contributed by atoms with Crippen LogP contribution in [0.15, 0.2) is 24.3 Å². The SMILES string of the molecule is COCCNCC(Cc1cccc(C)c1)CC(C)OC. The molecule has 0 amide bonds. The molecule has 1 aromatic rings. The highest BCUT2D eigenvalue weighted by Crippen LogP contribution is 2.16. The van der Waals surface area contributed by atoms with Crippen molar-refractivity contribution in [3.8, 4) is 0 Å². The Labute approximate surface area is 123 Å². The van der Waals surface area contributed by atoms with Gasteiger partial charge in [-0.3, -0.25) is 0 Å². The first kappa shape index (κ1) is 17.2. The summed E-state index contributed by atoms with van der Waals surface area (Å²) in [6, 6.07) is 8.78. The zero-order valence-electron chi connectivity index (χ0n) is 13.3. The molecule has 0 aliphatic heterocycles. The van der Waals surface area contributed by atoms with Crippen molar-refractivity contribution < 1.29 is 9.47 Å². The molecule has 0 aliphatic rings. The Morgan fingerprint density at radius 1 is 1.25 bits per heavy atom. The smallest absolute Gasteiger partial charge is 0.0587 e. The highest BCUT2D eigenvalue weighted by molar-refractivity contribution is 5.22. The summed E-state index contributed by atoms with van der Waals surface area (Å²) >= 11 is 0.